The summed E-state index contributed by atoms with van der Waals surface area (Å²) in [5.74, 6) is 0.481. The number of carbonyl (C=O) groups excluding carboxylic acids is 2. The highest BCUT2D eigenvalue weighted by Crippen LogP contribution is 2.16. The van der Waals surface area contributed by atoms with E-state index in [4.69, 9.17) is 0 Å². The lowest BCUT2D eigenvalue weighted by Crippen LogP contribution is -2.37. The topological polar surface area (TPSA) is 42.3 Å². The highest BCUT2D eigenvalue weighted by molar-refractivity contribution is 5.99. The van der Waals surface area contributed by atoms with E-state index in [1.807, 2.05) is 19.9 Å². The molecule has 1 aromatic rings. The van der Waals surface area contributed by atoms with E-state index in [0.29, 0.717) is 25.2 Å². The van der Waals surface area contributed by atoms with Gasteiger partial charge in [0.25, 0.3) is 0 Å². The zero-order valence-electron chi connectivity index (χ0n) is 12.0. The molecule has 0 bridgehead atoms. The molecule has 2 heterocycles. The summed E-state index contributed by atoms with van der Waals surface area (Å²) in [6.45, 7) is 8.89. The van der Waals surface area contributed by atoms with Crippen LogP contribution in [0.5, 0.6) is 0 Å². The van der Waals surface area contributed by atoms with Crippen LogP contribution in [0.25, 0.3) is 0 Å². The maximum Gasteiger partial charge on any atom is 0.178 e. The summed E-state index contributed by atoms with van der Waals surface area (Å²) in [7, 11) is 0. The zero-order valence-corrected chi connectivity index (χ0v) is 12.0. The minimum atomic E-state index is 0.169. The van der Waals surface area contributed by atoms with E-state index in [1.165, 1.54) is 0 Å². The number of rotatable bonds is 4. The molecule has 19 heavy (non-hydrogen) atoms. The van der Waals surface area contributed by atoms with E-state index >= 15 is 0 Å². The second-order valence-corrected chi connectivity index (χ2v) is 5.27. The third-order valence-electron chi connectivity index (χ3n) is 3.97. The van der Waals surface area contributed by atoms with E-state index in [9.17, 15) is 9.59 Å². The second kappa shape index (κ2) is 5.70. The highest BCUT2D eigenvalue weighted by atomic mass is 16.1. The first-order valence-electron chi connectivity index (χ1n) is 6.97. The van der Waals surface area contributed by atoms with E-state index in [0.717, 1.165) is 36.6 Å². The van der Waals surface area contributed by atoms with Gasteiger partial charge in [-0.2, -0.15) is 0 Å². The predicted molar refractivity (Wildman–Crippen MR) is 74.6 cm³/mol. The summed E-state index contributed by atoms with van der Waals surface area (Å²) < 4.78 is 2.16. The summed E-state index contributed by atoms with van der Waals surface area (Å²) in [5, 5.41) is 0. The van der Waals surface area contributed by atoms with Gasteiger partial charge in [-0.3, -0.25) is 14.5 Å². The molecule has 0 radical (unpaired) electrons. The quantitative estimate of drug-likeness (QED) is 0.779. The van der Waals surface area contributed by atoms with E-state index in [1.54, 1.807) is 0 Å². The number of aromatic nitrogens is 1. The maximum absolute atomic E-state index is 12.4. The Hall–Kier alpha value is -1.42. The monoisotopic (exact) mass is 262 g/mol. The summed E-state index contributed by atoms with van der Waals surface area (Å²) in [6.07, 6.45) is 1.17. The number of piperidine rings is 1. The lowest BCUT2D eigenvalue weighted by Gasteiger charge is -2.24. The molecular weight excluding hydrogens is 240 g/mol. The molecule has 104 valence electrons. The lowest BCUT2D eigenvalue weighted by molar-refractivity contribution is -0.121. The van der Waals surface area contributed by atoms with Gasteiger partial charge in [0, 0.05) is 49.4 Å². The van der Waals surface area contributed by atoms with Crippen LogP contribution in [0.3, 0.4) is 0 Å². The molecule has 0 atom stereocenters. The van der Waals surface area contributed by atoms with Gasteiger partial charge in [-0.05, 0) is 26.8 Å². The van der Waals surface area contributed by atoms with Gasteiger partial charge < -0.3 is 4.57 Å². The Bertz CT molecular complexity index is 492. The number of ketones is 2. The number of hydrogen-bond donors (Lipinski definition) is 0. The number of carbonyl (C=O) groups is 2. The minimum Gasteiger partial charge on any atom is -0.349 e. The standard InChI is InChI=1S/C15H22N2O2/c1-4-17-11(2)9-14(12(17)3)15(19)10-16-7-5-13(18)6-8-16/h9H,4-8,10H2,1-3H3. The fraction of sp³-hybridized carbons (Fsp3) is 0.600. The lowest BCUT2D eigenvalue weighted by atomic mass is 10.1. The van der Waals surface area contributed by atoms with Crippen LogP contribution < -0.4 is 0 Å². The average molecular weight is 262 g/mol. The molecule has 0 amide bonds. The highest BCUT2D eigenvalue weighted by Gasteiger charge is 2.21. The van der Waals surface area contributed by atoms with E-state index < -0.39 is 0 Å². The number of aryl methyl sites for hydroxylation is 1. The molecule has 0 unspecified atom stereocenters. The van der Waals surface area contributed by atoms with Crippen LogP contribution in [0.4, 0.5) is 0 Å². The van der Waals surface area contributed by atoms with Crippen LogP contribution in [-0.2, 0) is 11.3 Å². The first-order valence-corrected chi connectivity index (χ1v) is 6.97. The molecule has 1 aliphatic rings. The molecule has 0 spiro atoms. The van der Waals surface area contributed by atoms with Crippen LogP contribution in [-0.4, -0.2) is 40.7 Å². The summed E-state index contributed by atoms with van der Waals surface area (Å²) in [4.78, 5) is 25.6. The molecule has 4 nitrogen and oxygen atoms in total. The summed E-state index contributed by atoms with van der Waals surface area (Å²) >= 11 is 0. The Kier molecular flexibility index (Phi) is 4.20. The number of hydrogen-bond acceptors (Lipinski definition) is 3. The maximum atomic E-state index is 12.4. The van der Waals surface area contributed by atoms with Crippen molar-refractivity contribution in [3.05, 3.63) is 23.0 Å². The van der Waals surface area contributed by atoms with Crippen LogP contribution in [0.15, 0.2) is 6.07 Å². The van der Waals surface area contributed by atoms with Gasteiger partial charge in [0.05, 0.1) is 6.54 Å². The molecule has 0 saturated carbocycles. The van der Waals surface area contributed by atoms with Crippen molar-refractivity contribution in [3.63, 3.8) is 0 Å². The molecule has 1 aliphatic heterocycles. The molecule has 1 fully saturated rings. The van der Waals surface area contributed by atoms with Gasteiger partial charge in [-0.1, -0.05) is 0 Å². The van der Waals surface area contributed by atoms with Crippen LogP contribution in [0.2, 0.25) is 0 Å². The molecule has 2 rings (SSSR count). The third kappa shape index (κ3) is 2.95. The van der Waals surface area contributed by atoms with Crippen LogP contribution in [0.1, 0.15) is 41.5 Å². The van der Waals surface area contributed by atoms with Crippen molar-refractivity contribution in [3.8, 4) is 0 Å². The Morgan fingerprint density at radius 3 is 2.42 bits per heavy atom. The van der Waals surface area contributed by atoms with Crippen LogP contribution in [0, 0.1) is 13.8 Å². The normalized spacial score (nSPS) is 16.9. The molecule has 4 heteroatoms. The van der Waals surface area contributed by atoms with Crippen molar-refractivity contribution in [2.45, 2.75) is 40.2 Å². The smallest absolute Gasteiger partial charge is 0.178 e. The van der Waals surface area contributed by atoms with Crippen molar-refractivity contribution >= 4 is 11.6 Å². The Labute approximate surface area is 114 Å². The van der Waals surface area contributed by atoms with E-state index in [-0.39, 0.29) is 5.78 Å². The molecule has 1 saturated heterocycles. The van der Waals surface area contributed by atoms with Crippen molar-refractivity contribution in [1.29, 1.82) is 0 Å². The van der Waals surface area contributed by atoms with Crippen molar-refractivity contribution in [2.75, 3.05) is 19.6 Å². The number of Topliss-reactive ketones (excluding diaryl/α,β-unsaturated/α-hetero) is 2. The van der Waals surface area contributed by atoms with Crippen molar-refractivity contribution < 1.29 is 9.59 Å². The predicted octanol–water partition coefficient (Wildman–Crippen LogP) is 1.97. The van der Waals surface area contributed by atoms with Gasteiger partial charge in [-0.25, -0.2) is 0 Å². The zero-order chi connectivity index (χ0) is 14.0. The Morgan fingerprint density at radius 1 is 1.26 bits per heavy atom. The van der Waals surface area contributed by atoms with Gasteiger partial charge >= 0.3 is 0 Å². The van der Waals surface area contributed by atoms with Crippen molar-refractivity contribution in [1.82, 2.24) is 9.47 Å². The number of likely N-dealkylation sites (tertiary alicyclic amines) is 1. The van der Waals surface area contributed by atoms with Crippen molar-refractivity contribution in [2.24, 2.45) is 0 Å². The fourth-order valence-corrected chi connectivity index (χ4v) is 2.82. The van der Waals surface area contributed by atoms with Gasteiger partial charge in [0.15, 0.2) is 5.78 Å². The first kappa shape index (κ1) is 14.0. The van der Waals surface area contributed by atoms with Gasteiger partial charge in [0.2, 0.25) is 0 Å². The summed E-state index contributed by atoms with van der Waals surface area (Å²) in [6, 6.07) is 1.98. The summed E-state index contributed by atoms with van der Waals surface area (Å²) in [5.41, 5.74) is 3.02. The van der Waals surface area contributed by atoms with E-state index in [2.05, 4.69) is 16.4 Å². The molecule has 1 aromatic heterocycles. The Morgan fingerprint density at radius 2 is 1.89 bits per heavy atom. The SMILES string of the molecule is CCn1c(C)cc(C(=O)CN2CCC(=O)CC2)c1C. The Balaban J connectivity index is 2.06. The minimum absolute atomic E-state index is 0.169. The van der Waals surface area contributed by atoms with Crippen LogP contribution >= 0.6 is 0 Å². The average Bonchev–Trinajstić information content (AvgIpc) is 2.67. The molecule has 0 aromatic carbocycles. The molecule has 0 N–H and O–H groups in total. The van der Waals surface area contributed by atoms with Gasteiger partial charge in [-0.15, -0.1) is 0 Å². The molecule has 0 aliphatic carbocycles. The van der Waals surface area contributed by atoms with Gasteiger partial charge in [0.1, 0.15) is 5.78 Å². The largest absolute Gasteiger partial charge is 0.349 e. The third-order valence-corrected chi connectivity index (χ3v) is 3.97. The fourth-order valence-electron chi connectivity index (χ4n) is 2.82. The number of nitrogens with zero attached hydrogens (tertiary/aromatic N) is 2. The first-order chi connectivity index (χ1) is 9.02. The molecular formula is C15H22N2O2. The second-order valence-electron chi connectivity index (χ2n) is 5.27.